The van der Waals surface area contributed by atoms with Gasteiger partial charge < -0.3 is 20.8 Å². The summed E-state index contributed by atoms with van der Waals surface area (Å²) >= 11 is 0. The molecule has 0 heterocycles. The summed E-state index contributed by atoms with van der Waals surface area (Å²) in [6.07, 6.45) is 0.940. The second-order valence-electron chi connectivity index (χ2n) is 6.28. The van der Waals surface area contributed by atoms with Gasteiger partial charge in [-0.1, -0.05) is 19.1 Å². The first-order chi connectivity index (χ1) is 12.9. The van der Waals surface area contributed by atoms with E-state index >= 15 is 0 Å². The third-order valence-electron chi connectivity index (χ3n) is 4.39. The van der Waals surface area contributed by atoms with Gasteiger partial charge in [0, 0.05) is 29.3 Å². The first-order valence-electron chi connectivity index (χ1n) is 8.73. The fourth-order valence-corrected chi connectivity index (χ4v) is 3.13. The maximum absolute atomic E-state index is 12.7. The zero-order chi connectivity index (χ0) is 19.6. The van der Waals surface area contributed by atoms with Gasteiger partial charge in [-0.2, -0.15) is 0 Å². The normalized spacial score (nSPS) is 12.5. The van der Waals surface area contributed by atoms with E-state index in [4.69, 9.17) is 0 Å². The molecule has 1 aliphatic rings. The Morgan fingerprint density at radius 1 is 1.00 bits per heavy atom. The molecule has 0 saturated carbocycles. The van der Waals surface area contributed by atoms with Gasteiger partial charge in [0.05, 0.1) is 11.1 Å². The van der Waals surface area contributed by atoms with Crippen molar-refractivity contribution < 1.29 is 24.6 Å². The van der Waals surface area contributed by atoms with Crippen LogP contribution in [0.25, 0.3) is 0 Å². The predicted molar refractivity (Wildman–Crippen MR) is 99.5 cm³/mol. The summed E-state index contributed by atoms with van der Waals surface area (Å²) in [7, 11) is 0. The number of nitrogens with one attached hydrogen (secondary N) is 2. The van der Waals surface area contributed by atoms with Gasteiger partial charge in [0.2, 0.25) is 11.7 Å². The van der Waals surface area contributed by atoms with Crippen molar-refractivity contribution in [2.75, 3.05) is 18.4 Å². The maximum atomic E-state index is 12.7. The molecular formula is C20H20N2O5. The summed E-state index contributed by atoms with van der Waals surface area (Å²) in [6.45, 7) is 3.52. The van der Waals surface area contributed by atoms with E-state index in [2.05, 4.69) is 10.6 Å². The molecule has 0 atom stereocenters. The number of amides is 1. The molecule has 0 unspecified atom stereocenters. The number of carbonyl (C=O) groups excluding carboxylic acids is 3. The number of ketones is 2. The van der Waals surface area contributed by atoms with E-state index in [-0.39, 0.29) is 46.0 Å². The van der Waals surface area contributed by atoms with Crippen molar-refractivity contribution in [2.45, 2.75) is 19.8 Å². The number of benzene rings is 2. The number of rotatable bonds is 6. The Labute approximate surface area is 156 Å². The highest BCUT2D eigenvalue weighted by Crippen LogP contribution is 2.38. The van der Waals surface area contributed by atoms with E-state index in [1.54, 1.807) is 0 Å². The summed E-state index contributed by atoms with van der Waals surface area (Å²) in [5, 5.41) is 26.0. The Balaban J connectivity index is 1.88. The Morgan fingerprint density at radius 3 is 2.48 bits per heavy atom. The largest absolute Gasteiger partial charge is 0.507 e. The molecular weight excluding hydrogens is 348 g/mol. The van der Waals surface area contributed by atoms with Gasteiger partial charge in [-0.25, -0.2) is 0 Å². The van der Waals surface area contributed by atoms with Gasteiger partial charge in [-0.3, -0.25) is 14.4 Å². The number of phenolic OH excluding ortho intramolecular Hbond substituents is 2. The lowest BCUT2D eigenvalue weighted by atomic mass is 9.83. The minimum absolute atomic E-state index is 0.000972. The molecule has 2 aromatic carbocycles. The number of fused-ring (bicyclic) bond motifs is 2. The highest BCUT2D eigenvalue weighted by Gasteiger charge is 2.34. The zero-order valence-electron chi connectivity index (χ0n) is 14.8. The Kier molecular flexibility index (Phi) is 5.23. The molecule has 7 nitrogen and oxygen atoms in total. The van der Waals surface area contributed by atoms with E-state index < -0.39 is 17.3 Å². The molecule has 0 aliphatic heterocycles. The standard InChI is InChI=1S/C20H20N2O5/c1-2-21-8-4-7-16(25)22-11-9-13-18(15(24)10-11)20(27)17-12(19(13)26)5-3-6-14(17)23/h3,5-6,9-10,21,23-24H,2,4,7-8H2,1H3,(H,22,25). The zero-order valence-corrected chi connectivity index (χ0v) is 14.8. The number of hydrogen-bond donors (Lipinski definition) is 4. The van der Waals surface area contributed by atoms with Gasteiger partial charge in [-0.05, 0) is 31.6 Å². The van der Waals surface area contributed by atoms with Crippen LogP contribution in [-0.2, 0) is 4.79 Å². The fourth-order valence-electron chi connectivity index (χ4n) is 3.13. The van der Waals surface area contributed by atoms with Crippen LogP contribution >= 0.6 is 0 Å². The molecule has 2 aromatic rings. The van der Waals surface area contributed by atoms with Crippen LogP contribution in [0.1, 0.15) is 51.6 Å². The monoisotopic (exact) mass is 368 g/mol. The quantitative estimate of drug-likeness (QED) is 0.496. The van der Waals surface area contributed by atoms with Crippen LogP contribution in [-0.4, -0.2) is 40.8 Å². The lowest BCUT2D eigenvalue weighted by Crippen LogP contribution is -2.22. The van der Waals surface area contributed by atoms with Gasteiger partial charge >= 0.3 is 0 Å². The van der Waals surface area contributed by atoms with Crippen molar-refractivity contribution in [3.63, 3.8) is 0 Å². The molecule has 4 N–H and O–H groups in total. The molecule has 7 heteroatoms. The topological polar surface area (TPSA) is 116 Å². The van der Waals surface area contributed by atoms with Gasteiger partial charge in [-0.15, -0.1) is 0 Å². The highest BCUT2D eigenvalue weighted by molar-refractivity contribution is 6.30. The highest BCUT2D eigenvalue weighted by atomic mass is 16.3. The van der Waals surface area contributed by atoms with Crippen LogP contribution < -0.4 is 10.6 Å². The van der Waals surface area contributed by atoms with Crippen molar-refractivity contribution in [3.05, 3.63) is 52.6 Å². The van der Waals surface area contributed by atoms with Crippen molar-refractivity contribution in [2.24, 2.45) is 0 Å². The minimum atomic E-state index is -0.626. The Hall–Kier alpha value is -3.19. The molecule has 0 bridgehead atoms. The van der Waals surface area contributed by atoms with E-state index in [0.29, 0.717) is 13.0 Å². The molecule has 140 valence electrons. The molecule has 3 rings (SSSR count). The van der Waals surface area contributed by atoms with Crippen molar-refractivity contribution >= 4 is 23.2 Å². The lowest BCUT2D eigenvalue weighted by molar-refractivity contribution is -0.116. The summed E-state index contributed by atoms with van der Waals surface area (Å²) in [5.74, 6) is -2.09. The third kappa shape index (κ3) is 3.54. The number of carbonyl (C=O) groups is 3. The Bertz CT molecular complexity index is 936. The molecule has 0 aromatic heterocycles. The van der Waals surface area contributed by atoms with Gasteiger partial charge in [0.15, 0.2) is 5.78 Å². The van der Waals surface area contributed by atoms with E-state index in [0.717, 1.165) is 6.54 Å². The lowest BCUT2D eigenvalue weighted by Gasteiger charge is -2.20. The molecule has 0 spiro atoms. The number of aromatic hydroxyl groups is 2. The molecule has 1 amide bonds. The summed E-state index contributed by atoms with van der Waals surface area (Å²) in [4.78, 5) is 37.4. The van der Waals surface area contributed by atoms with E-state index in [1.165, 1.54) is 30.3 Å². The SMILES string of the molecule is CCNCCCC(=O)Nc1cc(O)c2c(c1)C(=O)c1cccc(O)c1C2=O. The second kappa shape index (κ2) is 7.59. The molecule has 0 fully saturated rings. The van der Waals surface area contributed by atoms with Gasteiger partial charge in [0.25, 0.3) is 0 Å². The first-order valence-corrected chi connectivity index (χ1v) is 8.73. The summed E-state index contributed by atoms with van der Waals surface area (Å²) in [5.41, 5.74) is 0.0242. The fraction of sp³-hybridized carbons (Fsp3) is 0.250. The summed E-state index contributed by atoms with van der Waals surface area (Å²) < 4.78 is 0. The first kappa shape index (κ1) is 18.6. The van der Waals surface area contributed by atoms with E-state index in [9.17, 15) is 24.6 Å². The molecule has 1 aliphatic carbocycles. The minimum Gasteiger partial charge on any atom is -0.507 e. The van der Waals surface area contributed by atoms with Crippen LogP contribution in [0.4, 0.5) is 5.69 Å². The van der Waals surface area contributed by atoms with Crippen molar-refractivity contribution in [3.8, 4) is 11.5 Å². The Morgan fingerprint density at radius 2 is 1.74 bits per heavy atom. The number of phenols is 2. The summed E-state index contributed by atoms with van der Waals surface area (Å²) in [6, 6.07) is 6.84. The van der Waals surface area contributed by atoms with Crippen LogP contribution in [0.5, 0.6) is 11.5 Å². The predicted octanol–water partition coefficient (Wildman–Crippen LogP) is 2.20. The van der Waals surface area contributed by atoms with Crippen molar-refractivity contribution in [1.29, 1.82) is 0 Å². The average Bonchev–Trinajstić information content (AvgIpc) is 2.62. The van der Waals surface area contributed by atoms with E-state index in [1.807, 2.05) is 6.92 Å². The van der Waals surface area contributed by atoms with Crippen LogP contribution in [0.2, 0.25) is 0 Å². The number of anilines is 1. The van der Waals surface area contributed by atoms with Crippen molar-refractivity contribution in [1.82, 2.24) is 5.32 Å². The molecule has 27 heavy (non-hydrogen) atoms. The average molecular weight is 368 g/mol. The maximum Gasteiger partial charge on any atom is 0.224 e. The molecule has 0 saturated heterocycles. The number of hydrogen-bond acceptors (Lipinski definition) is 6. The van der Waals surface area contributed by atoms with Crippen LogP contribution in [0.3, 0.4) is 0 Å². The third-order valence-corrected chi connectivity index (χ3v) is 4.39. The molecule has 0 radical (unpaired) electrons. The van der Waals surface area contributed by atoms with Crippen LogP contribution in [0, 0.1) is 0 Å². The van der Waals surface area contributed by atoms with Gasteiger partial charge in [0.1, 0.15) is 11.5 Å². The smallest absolute Gasteiger partial charge is 0.224 e. The second-order valence-corrected chi connectivity index (χ2v) is 6.28. The van der Waals surface area contributed by atoms with Crippen LogP contribution in [0.15, 0.2) is 30.3 Å².